The molecule has 0 aromatic rings. The minimum atomic E-state index is 0.519. The van der Waals surface area contributed by atoms with Crippen molar-refractivity contribution in [3.05, 3.63) is 12.2 Å². The van der Waals surface area contributed by atoms with Crippen molar-refractivity contribution in [3.63, 3.8) is 0 Å². The molecular formula is C11H19N. The van der Waals surface area contributed by atoms with Gasteiger partial charge in [0.1, 0.15) is 0 Å². The predicted octanol–water partition coefficient (Wildman–Crippen LogP) is 3.53. The van der Waals surface area contributed by atoms with E-state index in [4.69, 9.17) is 5.26 Å². The van der Waals surface area contributed by atoms with Gasteiger partial charge in [-0.2, -0.15) is 5.26 Å². The number of nitrogens with zero attached hydrogens (tertiary/aromatic N) is 1. The van der Waals surface area contributed by atoms with E-state index in [1.54, 1.807) is 0 Å². The molecule has 0 rings (SSSR count). The fourth-order valence-electron chi connectivity index (χ4n) is 0.978. The van der Waals surface area contributed by atoms with Crippen molar-refractivity contribution in [2.45, 2.75) is 40.0 Å². The Morgan fingerprint density at radius 2 is 2.00 bits per heavy atom. The van der Waals surface area contributed by atoms with E-state index in [-0.39, 0.29) is 0 Å². The lowest BCUT2D eigenvalue weighted by molar-refractivity contribution is 0.527. The summed E-state index contributed by atoms with van der Waals surface area (Å²) in [7, 11) is 0. The van der Waals surface area contributed by atoms with Crippen LogP contribution in [0.5, 0.6) is 0 Å². The summed E-state index contributed by atoms with van der Waals surface area (Å²) >= 11 is 0. The van der Waals surface area contributed by atoms with Crippen LogP contribution in [0.3, 0.4) is 0 Å². The summed E-state index contributed by atoms with van der Waals surface area (Å²) in [6, 6.07) is 2.19. The van der Waals surface area contributed by atoms with Crippen LogP contribution in [0.1, 0.15) is 40.0 Å². The average molecular weight is 165 g/mol. The van der Waals surface area contributed by atoms with E-state index in [1.165, 1.54) is 5.57 Å². The van der Waals surface area contributed by atoms with Gasteiger partial charge in [-0.15, -0.1) is 0 Å². The summed E-state index contributed by atoms with van der Waals surface area (Å²) in [5, 5.41) is 8.44. The van der Waals surface area contributed by atoms with Crippen molar-refractivity contribution >= 4 is 0 Å². The van der Waals surface area contributed by atoms with Gasteiger partial charge in [0.15, 0.2) is 0 Å². The van der Waals surface area contributed by atoms with Gasteiger partial charge in [-0.25, -0.2) is 0 Å². The maximum atomic E-state index is 8.44. The first kappa shape index (κ1) is 11.2. The van der Waals surface area contributed by atoms with Crippen LogP contribution < -0.4 is 0 Å². The monoisotopic (exact) mass is 165 g/mol. The first-order valence-corrected chi connectivity index (χ1v) is 4.62. The topological polar surface area (TPSA) is 23.8 Å². The fourth-order valence-corrected chi connectivity index (χ4v) is 0.978. The van der Waals surface area contributed by atoms with Crippen molar-refractivity contribution in [2.75, 3.05) is 0 Å². The molecule has 0 aromatic heterocycles. The van der Waals surface area contributed by atoms with Gasteiger partial charge < -0.3 is 0 Å². The Kier molecular flexibility index (Phi) is 5.45. The van der Waals surface area contributed by atoms with Gasteiger partial charge in [0.2, 0.25) is 0 Å². The summed E-state index contributed by atoms with van der Waals surface area (Å²) in [5.41, 5.74) is 1.31. The molecule has 0 aliphatic rings. The highest BCUT2D eigenvalue weighted by molar-refractivity contribution is 4.97. The van der Waals surface area contributed by atoms with E-state index in [0.29, 0.717) is 18.3 Å². The molecule has 12 heavy (non-hydrogen) atoms. The van der Waals surface area contributed by atoms with Crippen LogP contribution >= 0.6 is 0 Å². The highest BCUT2D eigenvalue weighted by atomic mass is 14.2. The molecular weight excluding hydrogens is 146 g/mol. The van der Waals surface area contributed by atoms with E-state index in [0.717, 1.165) is 12.8 Å². The van der Waals surface area contributed by atoms with Crippen LogP contribution in [0.15, 0.2) is 12.2 Å². The highest BCUT2D eigenvalue weighted by Crippen LogP contribution is 2.18. The molecule has 0 amide bonds. The maximum Gasteiger partial charge on any atom is 0.0624 e. The Morgan fingerprint density at radius 1 is 1.42 bits per heavy atom. The highest BCUT2D eigenvalue weighted by Gasteiger charge is 2.04. The second-order valence-electron chi connectivity index (χ2n) is 3.82. The Labute approximate surface area is 76.1 Å². The minimum absolute atomic E-state index is 0.519. The third-order valence-corrected chi connectivity index (χ3v) is 2.21. The zero-order valence-electron chi connectivity index (χ0n) is 8.43. The second kappa shape index (κ2) is 5.83. The molecule has 1 atom stereocenters. The number of rotatable bonds is 5. The number of hydrogen-bond donors (Lipinski definition) is 0. The van der Waals surface area contributed by atoms with Crippen molar-refractivity contribution < 1.29 is 0 Å². The molecule has 0 radical (unpaired) electrons. The standard InChI is InChI=1S/C11H19N/c1-9(2)11(4)6-5-10(3)7-8-12/h9-10H,4-7H2,1-3H3. The van der Waals surface area contributed by atoms with Crippen molar-refractivity contribution in [3.8, 4) is 6.07 Å². The number of allylic oxidation sites excluding steroid dienone is 1. The van der Waals surface area contributed by atoms with E-state index in [1.807, 2.05) is 0 Å². The third kappa shape index (κ3) is 4.96. The lowest BCUT2D eigenvalue weighted by Crippen LogP contribution is -1.97. The van der Waals surface area contributed by atoms with E-state index in [2.05, 4.69) is 33.4 Å². The number of hydrogen-bond acceptors (Lipinski definition) is 1. The molecule has 0 aromatic carbocycles. The van der Waals surface area contributed by atoms with Gasteiger partial charge in [-0.3, -0.25) is 0 Å². The van der Waals surface area contributed by atoms with Gasteiger partial charge in [0.25, 0.3) is 0 Å². The summed E-state index contributed by atoms with van der Waals surface area (Å²) < 4.78 is 0. The Morgan fingerprint density at radius 3 is 2.42 bits per heavy atom. The van der Waals surface area contributed by atoms with E-state index in [9.17, 15) is 0 Å². The SMILES string of the molecule is C=C(CCC(C)CC#N)C(C)C. The molecule has 0 saturated heterocycles. The molecule has 0 spiro atoms. The zero-order chi connectivity index (χ0) is 9.56. The molecule has 1 nitrogen and oxygen atoms in total. The number of nitriles is 1. The Hall–Kier alpha value is -0.770. The van der Waals surface area contributed by atoms with Gasteiger partial charge in [-0.05, 0) is 24.7 Å². The molecule has 0 saturated carbocycles. The predicted molar refractivity (Wildman–Crippen MR) is 52.6 cm³/mol. The lowest BCUT2D eigenvalue weighted by Gasteiger charge is -2.11. The van der Waals surface area contributed by atoms with Gasteiger partial charge >= 0.3 is 0 Å². The normalized spacial score (nSPS) is 12.6. The first-order chi connectivity index (χ1) is 5.57. The van der Waals surface area contributed by atoms with Gasteiger partial charge in [0.05, 0.1) is 6.07 Å². The molecule has 0 N–H and O–H groups in total. The molecule has 0 aliphatic heterocycles. The van der Waals surface area contributed by atoms with E-state index >= 15 is 0 Å². The van der Waals surface area contributed by atoms with Crippen LogP contribution in [-0.4, -0.2) is 0 Å². The molecule has 0 bridgehead atoms. The van der Waals surface area contributed by atoms with Crippen molar-refractivity contribution in [1.82, 2.24) is 0 Å². The second-order valence-corrected chi connectivity index (χ2v) is 3.82. The van der Waals surface area contributed by atoms with Crippen LogP contribution in [0.2, 0.25) is 0 Å². The van der Waals surface area contributed by atoms with Crippen LogP contribution in [0.4, 0.5) is 0 Å². The summed E-state index contributed by atoms with van der Waals surface area (Å²) in [6.45, 7) is 10.5. The smallest absolute Gasteiger partial charge is 0.0624 e. The van der Waals surface area contributed by atoms with Gasteiger partial charge in [-0.1, -0.05) is 32.9 Å². The molecule has 68 valence electrons. The van der Waals surface area contributed by atoms with Crippen LogP contribution in [0, 0.1) is 23.2 Å². The minimum Gasteiger partial charge on any atom is -0.198 e. The summed E-state index contributed by atoms with van der Waals surface area (Å²) in [6.07, 6.45) is 2.84. The van der Waals surface area contributed by atoms with Crippen molar-refractivity contribution in [2.24, 2.45) is 11.8 Å². The third-order valence-electron chi connectivity index (χ3n) is 2.21. The van der Waals surface area contributed by atoms with Crippen LogP contribution in [-0.2, 0) is 0 Å². The quantitative estimate of drug-likeness (QED) is 0.572. The first-order valence-electron chi connectivity index (χ1n) is 4.62. The Balaban J connectivity index is 3.55. The van der Waals surface area contributed by atoms with Crippen LogP contribution in [0.25, 0.3) is 0 Å². The largest absolute Gasteiger partial charge is 0.198 e. The fraction of sp³-hybridized carbons (Fsp3) is 0.727. The molecule has 0 fully saturated rings. The van der Waals surface area contributed by atoms with Gasteiger partial charge in [0, 0.05) is 6.42 Å². The maximum absolute atomic E-state index is 8.44. The van der Waals surface area contributed by atoms with E-state index < -0.39 is 0 Å². The average Bonchev–Trinajstić information content (AvgIpc) is 2.00. The molecule has 0 aliphatic carbocycles. The Bertz CT molecular complexity index is 174. The summed E-state index contributed by atoms with van der Waals surface area (Å²) in [5.74, 6) is 1.10. The lowest BCUT2D eigenvalue weighted by atomic mass is 9.94. The summed E-state index contributed by atoms with van der Waals surface area (Å²) in [4.78, 5) is 0. The molecule has 1 heteroatoms. The van der Waals surface area contributed by atoms with Crippen molar-refractivity contribution in [1.29, 1.82) is 5.26 Å². The molecule has 0 heterocycles. The molecule has 1 unspecified atom stereocenters. The zero-order valence-corrected chi connectivity index (χ0v) is 8.43.